The molecule has 1 fully saturated rings. The fourth-order valence-electron chi connectivity index (χ4n) is 2.45. The lowest BCUT2D eigenvalue weighted by molar-refractivity contribution is -0.131. The van der Waals surface area contributed by atoms with Crippen LogP contribution in [0.4, 0.5) is 0 Å². The van der Waals surface area contributed by atoms with Crippen LogP contribution in [0.15, 0.2) is 0 Å². The highest BCUT2D eigenvalue weighted by molar-refractivity contribution is 5.82. The second-order valence-electron chi connectivity index (χ2n) is 4.55. The van der Waals surface area contributed by atoms with E-state index in [1.54, 1.807) is 0 Å². The zero-order valence-electron chi connectivity index (χ0n) is 10.1. The Morgan fingerprint density at radius 1 is 1.27 bits per heavy atom. The van der Waals surface area contributed by atoms with E-state index in [9.17, 15) is 4.79 Å². The van der Waals surface area contributed by atoms with Crippen LogP contribution in [0.2, 0.25) is 0 Å². The van der Waals surface area contributed by atoms with Crippen LogP contribution < -0.4 is 10.6 Å². The van der Waals surface area contributed by atoms with Gasteiger partial charge in [-0.05, 0) is 39.3 Å². The highest BCUT2D eigenvalue weighted by Gasteiger charge is 2.38. The fourth-order valence-corrected chi connectivity index (χ4v) is 2.45. The van der Waals surface area contributed by atoms with Gasteiger partial charge < -0.3 is 10.6 Å². The van der Waals surface area contributed by atoms with E-state index in [4.69, 9.17) is 0 Å². The highest BCUT2D eigenvalue weighted by atomic mass is 16.2. The summed E-state index contributed by atoms with van der Waals surface area (Å²) in [5.74, 6) is 0.290. The lowest BCUT2D eigenvalue weighted by atomic mass is 9.82. The van der Waals surface area contributed by atoms with Crippen LogP contribution in [-0.2, 0) is 4.79 Å². The molecule has 0 heterocycles. The maximum absolute atomic E-state index is 12.0. The lowest BCUT2D eigenvalue weighted by Crippen LogP contribution is -2.39. The molecule has 2 N–H and O–H groups in total. The second-order valence-corrected chi connectivity index (χ2v) is 4.55. The second kappa shape index (κ2) is 6.11. The molecule has 0 aromatic heterocycles. The third kappa shape index (κ3) is 3.20. The molecule has 0 spiro atoms. The van der Waals surface area contributed by atoms with Gasteiger partial charge in [0.2, 0.25) is 5.91 Å². The molecule has 15 heavy (non-hydrogen) atoms. The summed E-state index contributed by atoms with van der Waals surface area (Å²) < 4.78 is 0. The summed E-state index contributed by atoms with van der Waals surface area (Å²) in [7, 11) is 1.94. The topological polar surface area (TPSA) is 41.1 Å². The molecule has 1 aliphatic rings. The van der Waals surface area contributed by atoms with Crippen LogP contribution >= 0.6 is 0 Å². The summed E-state index contributed by atoms with van der Waals surface area (Å²) in [6, 6.07) is 0. The van der Waals surface area contributed by atoms with Gasteiger partial charge in [-0.15, -0.1) is 0 Å². The van der Waals surface area contributed by atoms with Gasteiger partial charge in [-0.3, -0.25) is 4.79 Å². The molecule has 1 aliphatic carbocycles. The predicted molar refractivity (Wildman–Crippen MR) is 62.7 cm³/mol. The van der Waals surface area contributed by atoms with E-state index < -0.39 is 0 Å². The molecule has 0 aliphatic heterocycles. The normalized spacial score (nSPS) is 19.1. The van der Waals surface area contributed by atoms with E-state index in [0.29, 0.717) is 5.91 Å². The largest absolute Gasteiger partial charge is 0.356 e. The van der Waals surface area contributed by atoms with E-state index in [1.165, 1.54) is 12.8 Å². The van der Waals surface area contributed by atoms with Crippen molar-refractivity contribution in [2.24, 2.45) is 5.41 Å². The number of carbonyl (C=O) groups is 1. The Balaban J connectivity index is 2.31. The predicted octanol–water partition coefficient (Wildman–Crippen LogP) is 1.68. The van der Waals surface area contributed by atoms with E-state index in [-0.39, 0.29) is 5.41 Å². The van der Waals surface area contributed by atoms with Gasteiger partial charge in [0.25, 0.3) is 0 Å². The molecule has 0 aromatic carbocycles. The standard InChI is InChI=1S/C12H24N2O/c1-3-12(7-4-5-8-12)11(15)14-10-6-9-13-2/h13H,3-10H2,1-2H3,(H,14,15). The zero-order chi connectivity index (χ0) is 11.1. The van der Waals surface area contributed by atoms with Crippen molar-refractivity contribution < 1.29 is 4.79 Å². The SMILES string of the molecule is CCC1(C(=O)NCCCNC)CCCC1. The summed E-state index contributed by atoms with van der Waals surface area (Å²) in [5, 5.41) is 6.16. The molecule has 0 radical (unpaired) electrons. The quantitative estimate of drug-likeness (QED) is 0.658. The van der Waals surface area contributed by atoms with Gasteiger partial charge in [-0.25, -0.2) is 0 Å². The maximum Gasteiger partial charge on any atom is 0.226 e. The molecular formula is C12H24N2O. The van der Waals surface area contributed by atoms with Crippen LogP contribution in [0.25, 0.3) is 0 Å². The Hall–Kier alpha value is -0.570. The molecule has 1 saturated carbocycles. The Morgan fingerprint density at radius 2 is 1.93 bits per heavy atom. The van der Waals surface area contributed by atoms with Crippen molar-refractivity contribution >= 4 is 5.91 Å². The fraction of sp³-hybridized carbons (Fsp3) is 0.917. The first-order chi connectivity index (χ1) is 7.25. The Kier molecular flexibility index (Phi) is 5.09. The molecule has 1 amide bonds. The Morgan fingerprint density at radius 3 is 2.47 bits per heavy atom. The van der Waals surface area contributed by atoms with Crippen LogP contribution in [0.3, 0.4) is 0 Å². The summed E-state index contributed by atoms with van der Waals surface area (Å²) in [6.07, 6.45) is 6.62. The molecule has 0 saturated heterocycles. The minimum absolute atomic E-state index is 0.0281. The van der Waals surface area contributed by atoms with Crippen LogP contribution in [0.5, 0.6) is 0 Å². The molecule has 0 atom stereocenters. The summed E-state index contributed by atoms with van der Waals surface area (Å²) in [6.45, 7) is 3.92. The van der Waals surface area contributed by atoms with Crippen molar-refractivity contribution in [3.8, 4) is 0 Å². The molecule has 3 heteroatoms. The highest BCUT2D eigenvalue weighted by Crippen LogP contribution is 2.40. The smallest absolute Gasteiger partial charge is 0.226 e. The van der Waals surface area contributed by atoms with Crippen molar-refractivity contribution in [1.82, 2.24) is 10.6 Å². The van der Waals surface area contributed by atoms with Crippen molar-refractivity contribution in [1.29, 1.82) is 0 Å². The first-order valence-corrected chi connectivity index (χ1v) is 6.18. The van der Waals surface area contributed by atoms with Crippen LogP contribution in [0, 0.1) is 5.41 Å². The maximum atomic E-state index is 12.0. The third-order valence-electron chi connectivity index (χ3n) is 3.61. The molecular weight excluding hydrogens is 188 g/mol. The van der Waals surface area contributed by atoms with Crippen molar-refractivity contribution in [2.75, 3.05) is 20.1 Å². The summed E-state index contributed by atoms with van der Waals surface area (Å²) >= 11 is 0. The van der Waals surface area contributed by atoms with Gasteiger partial charge >= 0.3 is 0 Å². The van der Waals surface area contributed by atoms with Crippen molar-refractivity contribution in [3.05, 3.63) is 0 Å². The lowest BCUT2D eigenvalue weighted by Gasteiger charge is -2.25. The van der Waals surface area contributed by atoms with Crippen molar-refractivity contribution in [3.63, 3.8) is 0 Å². The van der Waals surface area contributed by atoms with E-state index in [2.05, 4.69) is 17.6 Å². The number of hydrogen-bond donors (Lipinski definition) is 2. The van der Waals surface area contributed by atoms with Gasteiger partial charge in [0.05, 0.1) is 0 Å². The number of carbonyl (C=O) groups excluding carboxylic acids is 1. The van der Waals surface area contributed by atoms with Crippen LogP contribution in [-0.4, -0.2) is 26.0 Å². The number of amides is 1. The monoisotopic (exact) mass is 212 g/mol. The van der Waals surface area contributed by atoms with Gasteiger partial charge in [-0.1, -0.05) is 19.8 Å². The number of rotatable bonds is 6. The first kappa shape index (κ1) is 12.5. The minimum Gasteiger partial charge on any atom is -0.356 e. The molecule has 1 rings (SSSR count). The average Bonchev–Trinajstić information content (AvgIpc) is 2.74. The van der Waals surface area contributed by atoms with E-state index in [0.717, 1.165) is 38.8 Å². The average molecular weight is 212 g/mol. The number of hydrogen-bond acceptors (Lipinski definition) is 2. The van der Waals surface area contributed by atoms with E-state index >= 15 is 0 Å². The number of nitrogens with one attached hydrogen (secondary N) is 2. The van der Waals surface area contributed by atoms with Gasteiger partial charge in [0.15, 0.2) is 0 Å². The minimum atomic E-state index is -0.0281. The van der Waals surface area contributed by atoms with Gasteiger partial charge in [0.1, 0.15) is 0 Å². The summed E-state index contributed by atoms with van der Waals surface area (Å²) in [4.78, 5) is 12.0. The first-order valence-electron chi connectivity index (χ1n) is 6.18. The van der Waals surface area contributed by atoms with Gasteiger partial charge in [-0.2, -0.15) is 0 Å². The molecule has 0 unspecified atom stereocenters. The van der Waals surface area contributed by atoms with E-state index in [1.807, 2.05) is 7.05 Å². The van der Waals surface area contributed by atoms with Crippen LogP contribution in [0.1, 0.15) is 45.4 Å². The molecule has 0 bridgehead atoms. The van der Waals surface area contributed by atoms with Gasteiger partial charge in [0, 0.05) is 12.0 Å². The Labute approximate surface area is 93.0 Å². The zero-order valence-corrected chi connectivity index (χ0v) is 10.1. The molecule has 3 nitrogen and oxygen atoms in total. The third-order valence-corrected chi connectivity index (χ3v) is 3.61. The summed E-state index contributed by atoms with van der Waals surface area (Å²) in [5.41, 5.74) is -0.0281. The van der Waals surface area contributed by atoms with Crippen molar-refractivity contribution in [2.45, 2.75) is 45.4 Å². The molecule has 88 valence electrons. The molecule has 0 aromatic rings. The Bertz CT molecular complexity index is 198.